The van der Waals surface area contributed by atoms with Crippen LogP contribution in [0, 0.1) is 6.92 Å². The molecule has 6 heteroatoms. The fraction of sp³-hybridized carbons (Fsp3) is 0.316. The van der Waals surface area contributed by atoms with E-state index in [0.717, 1.165) is 27.4 Å². The van der Waals surface area contributed by atoms with Crippen LogP contribution in [0.2, 0.25) is 5.02 Å². The number of allylic oxidation sites excluding steroid dienone is 2. The number of hydrogen-bond acceptors (Lipinski definition) is 4. The summed E-state index contributed by atoms with van der Waals surface area (Å²) in [4.78, 5) is 30.5. The number of rotatable bonds is 2. The molecule has 2 heterocycles. The number of halogens is 1. The fourth-order valence-electron chi connectivity index (χ4n) is 3.86. The molecule has 128 valence electrons. The highest BCUT2D eigenvalue weighted by Crippen LogP contribution is 2.45. The van der Waals surface area contributed by atoms with E-state index in [9.17, 15) is 9.59 Å². The van der Waals surface area contributed by atoms with Crippen molar-refractivity contribution in [3.05, 3.63) is 62.2 Å². The molecule has 0 bridgehead atoms. The number of hydrogen-bond donors (Lipinski definition) is 1. The number of ketones is 1. The molecule has 0 fully saturated rings. The van der Waals surface area contributed by atoms with E-state index in [2.05, 4.69) is 10.3 Å². The minimum Gasteiger partial charge on any atom is -0.329 e. The van der Waals surface area contributed by atoms with Crippen molar-refractivity contribution < 1.29 is 9.59 Å². The van der Waals surface area contributed by atoms with Crippen molar-refractivity contribution in [1.82, 2.24) is 10.3 Å². The standard InChI is InChI=1S/C19H17ClN2O2S/c1-10-19(25-9-21-10)13-8-17(24)22-15-6-11(7-16(23)18(13)15)12-4-2-3-5-14(12)20/h2-5,9,11,13H,6-8H2,1H3,(H,22,24). The van der Waals surface area contributed by atoms with E-state index in [1.54, 1.807) is 5.51 Å². The Morgan fingerprint density at radius 2 is 2.00 bits per heavy atom. The van der Waals surface area contributed by atoms with Crippen LogP contribution in [0.3, 0.4) is 0 Å². The van der Waals surface area contributed by atoms with E-state index >= 15 is 0 Å². The van der Waals surface area contributed by atoms with Crippen LogP contribution in [0.15, 0.2) is 41.0 Å². The van der Waals surface area contributed by atoms with Gasteiger partial charge in [0, 0.05) is 39.9 Å². The first-order valence-corrected chi connectivity index (χ1v) is 9.51. The minimum atomic E-state index is -0.170. The molecule has 0 saturated heterocycles. The quantitative estimate of drug-likeness (QED) is 0.863. The smallest absolute Gasteiger partial charge is 0.225 e. The Morgan fingerprint density at radius 3 is 2.72 bits per heavy atom. The molecule has 1 aliphatic carbocycles. The van der Waals surface area contributed by atoms with Crippen LogP contribution in [-0.2, 0) is 9.59 Å². The van der Waals surface area contributed by atoms with Gasteiger partial charge in [0.05, 0.1) is 11.2 Å². The average molecular weight is 373 g/mol. The summed E-state index contributed by atoms with van der Waals surface area (Å²) in [5.41, 5.74) is 5.16. The van der Waals surface area contributed by atoms with E-state index in [1.165, 1.54) is 11.3 Å². The minimum absolute atomic E-state index is 0.00144. The number of nitrogens with zero attached hydrogens (tertiary/aromatic N) is 1. The van der Waals surface area contributed by atoms with Crippen molar-refractivity contribution in [3.8, 4) is 0 Å². The van der Waals surface area contributed by atoms with Gasteiger partial charge in [0.1, 0.15) is 0 Å². The fourth-order valence-corrected chi connectivity index (χ4v) is 5.06. The van der Waals surface area contributed by atoms with Gasteiger partial charge in [-0.1, -0.05) is 29.8 Å². The lowest BCUT2D eigenvalue weighted by atomic mass is 9.75. The molecular formula is C19H17ClN2O2S. The van der Waals surface area contributed by atoms with E-state index in [4.69, 9.17) is 11.6 Å². The molecule has 1 aromatic heterocycles. The van der Waals surface area contributed by atoms with Crippen molar-refractivity contribution in [3.63, 3.8) is 0 Å². The van der Waals surface area contributed by atoms with E-state index in [0.29, 0.717) is 24.3 Å². The molecule has 0 saturated carbocycles. The summed E-state index contributed by atoms with van der Waals surface area (Å²) in [6.07, 6.45) is 1.36. The van der Waals surface area contributed by atoms with Gasteiger partial charge in [-0.25, -0.2) is 4.98 Å². The van der Waals surface area contributed by atoms with Crippen LogP contribution >= 0.6 is 22.9 Å². The monoisotopic (exact) mass is 372 g/mol. The normalized spacial score (nSPS) is 23.4. The number of benzene rings is 1. The lowest BCUT2D eigenvalue weighted by molar-refractivity contribution is -0.122. The first-order chi connectivity index (χ1) is 12.0. The van der Waals surface area contributed by atoms with Gasteiger partial charge in [-0.3, -0.25) is 9.59 Å². The lowest BCUT2D eigenvalue weighted by Gasteiger charge is -2.34. The predicted octanol–water partition coefficient (Wildman–Crippen LogP) is 4.11. The second-order valence-corrected chi connectivity index (χ2v) is 7.84. The molecule has 2 aromatic rings. The van der Waals surface area contributed by atoms with Crippen molar-refractivity contribution in [2.75, 3.05) is 0 Å². The summed E-state index contributed by atoms with van der Waals surface area (Å²) in [7, 11) is 0. The largest absolute Gasteiger partial charge is 0.329 e. The van der Waals surface area contributed by atoms with Crippen LogP contribution in [0.1, 0.15) is 47.2 Å². The summed E-state index contributed by atoms with van der Waals surface area (Å²) < 4.78 is 0. The molecule has 2 unspecified atom stereocenters. The van der Waals surface area contributed by atoms with Crippen molar-refractivity contribution in [2.24, 2.45) is 0 Å². The number of aromatic nitrogens is 1. The highest BCUT2D eigenvalue weighted by atomic mass is 35.5. The summed E-state index contributed by atoms with van der Waals surface area (Å²) in [5.74, 6) is -0.106. The van der Waals surface area contributed by atoms with Crippen LogP contribution in [0.25, 0.3) is 0 Å². The molecule has 1 N–H and O–H groups in total. The number of nitrogens with one attached hydrogen (secondary N) is 1. The predicted molar refractivity (Wildman–Crippen MR) is 97.8 cm³/mol. The molecule has 4 rings (SSSR count). The van der Waals surface area contributed by atoms with Crippen LogP contribution in [-0.4, -0.2) is 16.7 Å². The summed E-state index contributed by atoms with van der Waals surface area (Å²) >= 11 is 7.84. The lowest BCUT2D eigenvalue weighted by Crippen LogP contribution is -2.38. The number of thiazole rings is 1. The molecule has 1 aromatic carbocycles. The highest BCUT2D eigenvalue weighted by Gasteiger charge is 2.39. The third kappa shape index (κ3) is 2.92. The molecule has 1 amide bonds. The van der Waals surface area contributed by atoms with Gasteiger partial charge in [0.25, 0.3) is 0 Å². The van der Waals surface area contributed by atoms with Gasteiger partial charge in [0.2, 0.25) is 5.91 Å². The van der Waals surface area contributed by atoms with Crippen molar-refractivity contribution in [1.29, 1.82) is 0 Å². The zero-order valence-electron chi connectivity index (χ0n) is 13.7. The Hall–Kier alpha value is -1.98. The Morgan fingerprint density at radius 1 is 1.20 bits per heavy atom. The summed E-state index contributed by atoms with van der Waals surface area (Å²) in [5, 5.41) is 3.61. The van der Waals surface area contributed by atoms with Gasteiger partial charge in [0.15, 0.2) is 5.78 Å². The topological polar surface area (TPSA) is 59.1 Å². The summed E-state index contributed by atoms with van der Waals surface area (Å²) in [6, 6.07) is 7.61. The maximum atomic E-state index is 13.0. The van der Waals surface area contributed by atoms with E-state index < -0.39 is 0 Å². The Kier molecular flexibility index (Phi) is 4.21. The Bertz CT molecular complexity index is 902. The second-order valence-electron chi connectivity index (χ2n) is 6.55. The number of Topliss-reactive ketones (excluding diaryl/α,β-unsaturated/α-hetero) is 1. The maximum absolute atomic E-state index is 13.0. The first kappa shape index (κ1) is 16.5. The van der Waals surface area contributed by atoms with Crippen LogP contribution in [0.5, 0.6) is 0 Å². The van der Waals surface area contributed by atoms with E-state index in [-0.39, 0.29) is 23.5 Å². The number of carbonyl (C=O) groups excluding carboxylic acids is 2. The molecule has 0 spiro atoms. The van der Waals surface area contributed by atoms with Gasteiger partial charge in [-0.15, -0.1) is 11.3 Å². The van der Waals surface area contributed by atoms with E-state index in [1.807, 2.05) is 31.2 Å². The third-order valence-electron chi connectivity index (χ3n) is 4.98. The zero-order valence-corrected chi connectivity index (χ0v) is 15.3. The van der Waals surface area contributed by atoms with Gasteiger partial charge < -0.3 is 5.32 Å². The Balaban J connectivity index is 1.75. The second kappa shape index (κ2) is 6.39. The molecular weight excluding hydrogens is 356 g/mol. The highest BCUT2D eigenvalue weighted by molar-refractivity contribution is 7.09. The third-order valence-corrected chi connectivity index (χ3v) is 6.37. The number of amides is 1. The molecule has 1 aliphatic heterocycles. The van der Waals surface area contributed by atoms with Gasteiger partial charge in [-0.05, 0) is 30.9 Å². The first-order valence-electron chi connectivity index (χ1n) is 8.25. The van der Waals surface area contributed by atoms with Gasteiger partial charge in [-0.2, -0.15) is 0 Å². The molecule has 0 radical (unpaired) electrons. The summed E-state index contributed by atoms with van der Waals surface area (Å²) in [6.45, 7) is 1.93. The molecule has 25 heavy (non-hydrogen) atoms. The van der Waals surface area contributed by atoms with Crippen LogP contribution in [0.4, 0.5) is 0 Å². The Labute approximate surface area is 154 Å². The molecule has 2 aliphatic rings. The average Bonchev–Trinajstić information content (AvgIpc) is 3.00. The maximum Gasteiger partial charge on any atom is 0.225 e. The van der Waals surface area contributed by atoms with Gasteiger partial charge >= 0.3 is 0 Å². The van der Waals surface area contributed by atoms with Crippen molar-refractivity contribution >= 4 is 34.6 Å². The molecule has 4 nitrogen and oxygen atoms in total. The number of carbonyl (C=O) groups is 2. The van der Waals surface area contributed by atoms with Crippen molar-refractivity contribution in [2.45, 2.75) is 38.0 Å². The number of aryl methyl sites for hydroxylation is 1. The molecule has 2 atom stereocenters. The van der Waals surface area contributed by atoms with Crippen LogP contribution < -0.4 is 5.32 Å². The zero-order chi connectivity index (χ0) is 17.6. The SMILES string of the molecule is Cc1ncsc1C1CC(=O)NC2=C1C(=O)CC(c1ccccc1Cl)C2.